The molecular weight excluding hydrogens is 352 g/mol. The number of likely N-dealkylation sites (tertiary alicyclic amines) is 1. The summed E-state index contributed by atoms with van der Waals surface area (Å²) in [5, 5.41) is 7.84. The van der Waals surface area contributed by atoms with Crippen molar-refractivity contribution in [3.63, 3.8) is 0 Å². The molecule has 2 aliphatic rings. The van der Waals surface area contributed by atoms with E-state index in [1.165, 1.54) is 25.7 Å². The van der Waals surface area contributed by atoms with Crippen molar-refractivity contribution in [1.82, 2.24) is 20.0 Å². The third-order valence-corrected chi connectivity index (χ3v) is 6.15. The minimum atomic E-state index is -0.0745. The summed E-state index contributed by atoms with van der Waals surface area (Å²) in [5.74, 6) is 0.391. The molecule has 3 rings (SSSR count). The van der Waals surface area contributed by atoms with Crippen LogP contribution in [0.5, 0.6) is 0 Å². The fraction of sp³-hybridized carbons (Fsp3) is 0.773. The van der Waals surface area contributed by atoms with Crippen LogP contribution >= 0.6 is 0 Å². The number of aromatic nitrogens is 2. The van der Waals surface area contributed by atoms with E-state index in [0.29, 0.717) is 18.5 Å². The van der Waals surface area contributed by atoms with E-state index in [4.69, 9.17) is 0 Å². The monoisotopic (exact) mass is 388 g/mol. The van der Waals surface area contributed by atoms with Crippen molar-refractivity contribution in [2.75, 3.05) is 13.1 Å². The normalized spacial score (nSPS) is 20.0. The molecule has 2 heterocycles. The quantitative estimate of drug-likeness (QED) is 0.803. The topological polar surface area (TPSA) is 67.2 Å². The lowest BCUT2D eigenvalue weighted by Gasteiger charge is -2.33. The molecule has 1 aliphatic carbocycles. The summed E-state index contributed by atoms with van der Waals surface area (Å²) >= 11 is 0. The Balaban J connectivity index is 1.51. The molecule has 1 aromatic heterocycles. The highest BCUT2D eigenvalue weighted by molar-refractivity contribution is 5.74. The maximum absolute atomic E-state index is 12.6. The Morgan fingerprint density at radius 2 is 1.71 bits per heavy atom. The molecule has 2 fully saturated rings. The maximum Gasteiger partial charge on any atom is 0.317 e. The zero-order valence-electron chi connectivity index (χ0n) is 17.7. The van der Waals surface area contributed by atoms with Gasteiger partial charge in [0.1, 0.15) is 0 Å². The van der Waals surface area contributed by atoms with E-state index in [1.54, 1.807) is 10.7 Å². The molecule has 1 saturated heterocycles. The number of urea groups is 1. The zero-order chi connectivity index (χ0) is 20.1. The molecule has 0 bridgehead atoms. The summed E-state index contributed by atoms with van der Waals surface area (Å²) in [6, 6.07) is 3.90. The number of carbonyl (C=O) groups is 1. The van der Waals surface area contributed by atoms with Crippen LogP contribution in [0.4, 0.5) is 4.79 Å². The van der Waals surface area contributed by atoms with E-state index in [0.717, 1.165) is 44.5 Å². The molecule has 1 N–H and O–H groups in total. The Hall–Kier alpha value is -1.85. The second-order valence-electron chi connectivity index (χ2n) is 9.56. The Labute approximate surface area is 168 Å². The second-order valence-corrected chi connectivity index (χ2v) is 9.56. The maximum atomic E-state index is 12.6. The smallest absolute Gasteiger partial charge is 0.317 e. The molecule has 0 spiro atoms. The lowest BCUT2D eigenvalue weighted by molar-refractivity contribution is 0.159. The Morgan fingerprint density at radius 3 is 2.32 bits per heavy atom. The van der Waals surface area contributed by atoms with Gasteiger partial charge in [0.15, 0.2) is 0 Å². The van der Waals surface area contributed by atoms with Crippen LogP contribution < -0.4 is 10.9 Å². The molecule has 1 aromatic rings. The molecule has 28 heavy (non-hydrogen) atoms. The van der Waals surface area contributed by atoms with Gasteiger partial charge >= 0.3 is 6.03 Å². The first kappa shape index (κ1) is 20.9. The zero-order valence-corrected chi connectivity index (χ0v) is 17.7. The summed E-state index contributed by atoms with van der Waals surface area (Å²) in [4.78, 5) is 26.8. The Kier molecular flexibility index (Phi) is 6.78. The van der Waals surface area contributed by atoms with Crippen molar-refractivity contribution in [2.45, 2.75) is 90.1 Å². The van der Waals surface area contributed by atoms with E-state index in [-0.39, 0.29) is 17.0 Å². The molecule has 1 aliphatic heterocycles. The number of amides is 2. The molecule has 0 aromatic carbocycles. The number of carbonyl (C=O) groups excluding carboxylic acids is 1. The van der Waals surface area contributed by atoms with Gasteiger partial charge in [-0.1, -0.05) is 46.5 Å². The van der Waals surface area contributed by atoms with Crippen molar-refractivity contribution in [1.29, 1.82) is 0 Å². The average Bonchev–Trinajstić information content (AvgIpc) is 2.92. The molecule has 2 amide bonds. The van der Waals surface area contributed by atoms with Crippen LogP contribution in [0.2, 0.25) is 0 Å². The number of hydrogen-bond acceptors (Lipinski definition) is 3. The number of nitrogens with one attached hydrogen (secondary N) is 1. The summed E-state index contributed by atoms with van der Waals surface area (Å²) < 4.78 is 1.62. The molecule has 6 nitrogen and oxygen atoms in total. The fourth-order valence-electron chi connectivity index (χ4n) is 4.23. The van der Waals surface area contributed by atoms with E-state index < -0.39 is 0 Å². The Morgan fingerprint density at radius 1 is 1.07 bits per heavy atom. The van der Waals surface area contributed by atoms with Crippen molar-refractivity contribution < 1.29 is 4.79 Å². The second kappa shape index (κ2) is 9.10. The number of rotatable bonds is 3. The van der Waals surface area contributed by atoms with Crippen LogP contribution in [-0.2, 0) is 12.0 Å². The van der Waals surface area contributed by atoms with E-state index in [2.05, 4.69) is 31.2 Å². The highest BCUT2D eigenvalue weighted by Gasteiger charge is 2.26. The third-order valence-electron chi connectivity index (χ3n) is 6.15. The van der Waals surface area contributed by atoms with Gasteiger partial charge in [-0.15, -0.1) is 0 Å². The first-order valence-electron chi connectivity index (χ1n) is 11.0. The average molecular weight is 389 g/mol. The predicted octanol–water partition coefficient (Wildman–Crippen LogP) is 3.69. The van der Waals surface area contributed by atoms with E-state index in [1.807, 2.05) is 11.0 Å². The van der Waals surface area contributed by atoms with Gasteiger partial charge in [0.25, 0.3) is 5.56 Å². The van der Waals surface area contributed by atoms with Crippen LogP contribution in [0.3, 0.4) is 0 Å². The van der Waals surface area contributed by atoms with Gasteiger partial charge in [0.05, 0.1) is 5.69 Å². The lowest BCUT2D eigenvalue weighted by Crippen LogP contribution is -2.48. The van der Waals surface area contributed by atoms with Crippen LogP contribution in [0, 0.1) is 5.92 Å². The molecular formula is C22H36N4O2. The van der Waals surface area contributed by atoms with Crippen molar-refractivity contribution in [3.8, 4) is 0 Å². The first-order chi connectivity index (χ1) is 13.3. The SMILES string of the molecule is CC(C)(C)c1ccc(=O)n(CC2CCN(C(=O)NC3CCCCCC3)CC2)n1. The van der Waals surface area contributed by atoms with Gasteiger partial charge in [0, 0.05) is 37.2 Å². The molecule has 0 atom stereocenters. The van der Waals surface area contributed by atoms with Crippen LogP contribution in [0.25, 0.3) is 0 Å². The molecule has 0 radical (unpaired) electrons. The van der Waals surface area contributed by atoms with Crippen molar-refractivity contribution in [3.05, 3.63) is 28.2 Å². The molecule has 6 heteroatoms. The standard InChI is InChI=1S/C22H36N4O2/c1-22(2,3)19-10-11-20(27)26(24-19)16-17-12-14-25(15-13-17)21(28)23-18-8-6-4-5-7-9-18/h10-11,17-18H,4-9,12-16H2,1-3H3,(H,23,28). The molecule has 156 valence electrons. The van der Waals surface area contributed by atoms with Crippen LogP contribution in [0.15, 0.2) is 16.9 Å². The van der Waals surface area contributed by atoms with Gasteiger partial charge in [-0.25, -0.2) is 9.48 Å². The van der Waals surface area contributed by atoms with Crippen molar-refractivity contribution in [2.24, 2.45) is 5.92 Å². The van der Waals surface area contributed by atoms with Gasteiger partial charge in [-0.2, -0.15) is 5.10 Å². The lowest BCUT2D eigenvalue weighted by atomic mass is 9.92. The number of piperidine rings is 1. The summed E-state index contributed by atoms with van der Waals surface area (Å²) in [7, 11) is 0. The van der Waals surface area contributed by atoms with E-state index in [9.17, 15) is 9.59 Å². The van der Waals surface area contributed by atoms with Gasteiger partial charge < -0.3 is 10.2 Å². The van der Waals surface area contributed by atoms with Gasteiger partial charge in [0.2, 0.25) is 0 Å². The molecule has 0 unspecified atom stereocenters. The number of nitrogens with zero attached hydrogens (tertiary/aromatic N) is 3. The van der Waals surface area contributed by atoms with Crippen molar-refractivity contribution >= 4 is 6.03 Å². The minimum absolute atomic E-state index is 0.0402. The van der Waals surface area contributed by atoms with Gasteiger partial charge in [-0.05, 0) is 37.7 Å². The summed E-state index contributed by atoms with van der Waals surface area (Å²) in [5.41, 5.74) is 0.823. The summed E-state index contributed by atoms with van der Waals surface area (Å²) in [6.07, 6.45) is 9.10. The van der Waals surface area contributed by atoms with Crippen LogP contribution in [0.1, 0.15) is 77.8 Å². The number of hydrogen-bond donors (Lipinski definition) is 1. The fourth-order valence-corrected chi connectivity index (χ4v) is 4.23. The van der Waals surface area contributed by atoms with Crippen LogP contribution in [-0.4, -0.2) is 39.8 Å². The first-order valence-corrected chi connectivity index (χ1v) is 11.0. The molecule has 1 saturated carbocycles. The highest BCUT2D eigenvalue weighted by Crippen LogP contribution is 2.22. The predicted molar refractivity (Wildman–Crippen MR) is 112 cm³/mol. The van der Waals surface area contributed by atoms with E-state index >= 15 is 0 Å². The highest BCUT2D eigenvalue weighted by atomic mass is 16.2. The Bertz CT molecular complexity index is 706. The minimum Gasteiger partial charge on any atom is -0.335 e. The summed E-state index contributed by atoms with van der Waals surface area (Å²) in [6.45, 7) is 8.48. The third kappa shape index (κ3) is 5.58. The van der Waals surface area contributed by atoms with Gasteiger partial charge in [-0.3, -0.25) is 4.79 Å². The largest absolute Gasteiger partial charge is 0.335 e.